The first-order chi connectivity index (χ1) is 9.70. The molecule has 1 aromatic carbocycles. The third-order valence-corrected chi connectivity index (χ3v) is 2.39. The van der Waals surface area contributed by atoms with Crippen LogP contribution in [0.5, 0.6) is 5.75 Å². The summed E-state index contributed by atoms with van der Waals surface area (Å²) in [6, 6.07) is 9.59. The van der Waals surface area contributed by atoms with Gasteiger partial charge < -0.3 is 10.1 Å². The molecule has 0 saturated heterocycles. The highest BCUT2D eigenvalue weighted by molar-refractivity contribution is 6.04. The number of hydrogen-bond acceptors (Lipinski definition) is 4. The van der Waals surface area contributed by atoms with Crippen LogP contribution in [0.15, 0.2) is 42.7 Å². The first-order valence-electron chi connectivity index (χ1n) is 5.71. The van der Waals surface area contributed by atoms with Gasteiger partial charge in [-0.15, -0.1) is 0 Å². The molecule has 0 unspecified atom stereocenters. The van der Waals surface area contributed by atoms with Crippen molar-refractivity contribution in [2.45, 2.75) is 0 Å². The van der Waals surface area contributed by atoms with E-state index in [1.807, 2.05) is 6.07 Å². The molecule has 0 atom stereocenters. The lowest BCUT2D eigenvalue weighted by atomic mass is 10.2. The summed E-state index contributed by atoms with van der Waals surface area (Å²) in [5.74, 6) is -0.733. The SMILES string of the molecule is N#CCOc1ccccc1NC(=O)c1cncc(F)c1. The van der Waals surface area contributed by atoms with Crippen molar-refractivity contribution in [2.75, 3.05) is 11.9 Å². The average molecular weight is 271 g/mol. The molecule has 20 heavy (non-hydrogen) atoms. The van der Waals surface area contributed by atoms with Crippen LogP contribution in [0, 0.1) is 17.1 Å². The minimum Gasteiger partial charge on any atom is -0.477 e. The van der Waals surface area contributed by atoms with E-state index in [0.717, 1.165) is 12.3 Å². The first-order valence-corrected chi connectivity index (χ1v) is 5.71. The number of pyridine rings is 1. The maximum Gasteiger partial charge on any atom is 0.257 e. The summed E-state index contributed by atoms with van der Waals surface area (Å²) in [7, 11) is 0. The van der Waals surface area contributed by atoms with Crippen molar-refractivity contribution in [1.82, 2.24) is 4.98 Å². The van der Waals surface area contributed by atoms with Gasteiger partial charge in [-0.1, -0.05) is 12.1 Å². The number of carbonyl (C=O) groups excluding carboxylic acids is 1. The number of ether oxygens (including phenoxy) is 1. The van der Waals surface area contributed by atoms with Gasteiger partial charge in [0.05, 0.1) is 17.4 Å². The van der Waals surface area contributed by atoms with Crippen LogP contribution in [0.3, 0.4) is 0 Å². The highest BCUT2D eigenvalue weighted by Crippen LogP contribution is 2.24. The van der Waals surface area contributed by atoms with Crippen LogP contribution in [-0.4, -0.2) is 17.5 Å². The second-order valence-corrected chi connectivity index (χ2v) is 3.79. The second-order valence-electron chi connectivity index (χ2n) is 3.79. The van der Waals surface area contributed by atoms with Crippen molar-refractivity contribution in [3.63, 3.8) is 0 Å². The summed E-state index contributed by atoms with van der Waals surface area (Å²) in [6.07, 6.45) is 2.28. The van der Waals surface area contributed by atoms with E-state index in [1.54, 1.807) is 24.3 Å². The quantitative estimate of drug-likeness (QED) is 0.926. The molecule has 0 bridgehead atoms. The molecule has 5 nitrogen and oxygen atoms in total. The number of anilines is 1. The predicted octanol–water partition coefficient (Wildman–Crippen LogP) is 2.38. The normalized spacial score (nSPS) is 9.60. The van der Waals surface area contributed by atoms with E-state index in [9.17, 15) is 9.18 Å². The van der Waals surface area contributed by atoms with Crippen molar-refractivity contribution < 1.29 is 13.9 Å². The Kier molecular flexibility index (Phi) is 4.24. The van der Waals surface area contributed by atoms with Gasteiger partial charge in [0.1, 0.15) is 17.6 Å². The minimum atomic E-state index is -0.591. The largest absolute Gasteiger partial charge is 0.477 e. The molecule has 2 aromatic rings. The number of hydrogen-bond donors (Lipinski definition) is 1. The average Bonchev–Trinajstić information content (AvgIpc) is 2.46. The molecule has 0 radical (unpaired) electrons. The fourth-order valence-corrected chi connectivity index (χ4v) is 1.54. The Morgan fingerprint density at radius 2 is 2.20 bits per heavy atom. The number of nitrogens with zero attached hydrogens (tertiary/aromatic N) is 2. The summed E-state index contributed by atoms with van der Waals surface area (Å²) in [4.78, 5) is 15.6. The Balaban J connectivity index is 2.18. The summed E-state index contributed by atoms with van der Waals surface area (Å²) in [5, 5.41) is 11.1. The molecule has 0 fully saturated rings. The van der Waals surface area contributed by atoms with Gasteiger partial charge >= 0.3 is 0 Å². The zero-order valence-corrected chi connectivity index (χ0v) is 10.3. The van der Waals surface area contributed by atoms with Gasteiger partial charge in [0.25, 0.3) is 5.91 Å². The number of nitriles is 1. The number of amides is 1. The smallest absolute Gasteiger partial charge is 0.257 e. The molecule has 0 saturated carbocycles. The molecular formula is C14H10FN3O2. The van der Waals surface area contributed by atoms with E-state index in [-0.39, 0.29) is 12.2 Å². The Bertz CT molecular complexity index is 667. The Morgan fingerprint density at radius 3 is 2.95 bits per heavy atom. The van der Waals surface area contributed by atoms with Gasteiger partial charge in [-0.25, -0.2) is 4.39 Å². The number of carbonyl (C=O) groups is 1. The molecular weight excluding hydrogens is 261 g/mol. The van der Waals surface area contributed by atoms with E-state index in [0.29, 0.717) is 11.4 Å². The van der Waals surface area contributed by atoms with Crippen LogP contribution in [0.1, 0.15) is 10.4 Å². The fraction of sp³-hybridized carbons (Fsp3) is 0.0714. The number of benzene rings is 1. The van der Waals surface area contributed by atoms with Crippen molar-refractivity contribution in [3.05, 3.63) is 54.1 Å². The third kappa shape index (κ3) is 3.29. The lowest BCUT2D eigenvalue weighted by Crippen LogP contribution is -2.13. The van der Waals surface area contributed by atoms with E-state index in [1.165, 1.54) is 6.20 Å². The number of aromatic nitrogens is 1. The van der Waals surface area contributed by atoms with Gasteiger partial charge in [0.15, 0.2) is 6.61 Å². The van der Waals surface area contributed by atoms with Gasteiger partial charge in [0.2, 0.25) is 0 Å². The summed E-state index contributed by atoms with van der Waals surface area (Å²) in [5.41, 5.74) is 0.497. The summed E-state index contributed by atoms with van der Waals surface area (Å²) in [6.45, 7) is -0.131. The monoisotopic (exact) mass is 271 g/mol. The van der Waals surface area contributed by atoms with Crippen LogP contribution >= 0.6 is 0 Å². The molecule has 0 spiro atoms. The lowest BCUT2D eigenvalue weighted by Gasteiger charge is -2.10. The second kappa shape index (κ2) is 6.29. The maximum absolute atomic E-state index is 13.0. The maximum atomic E-state index is 13.0. The van der Waals surface area contributed by atoms with E-state index in [2.05, 4.69) is 10.3 Å². The minimum absolute atomic E-state index is 0.0973. The Hall–Kier alpha value is -2.94. The molecule has 1 heterocycles. The van der Waals surface area contributed by atoms with Crippen LogP contribution < -0.4 is 10.1 Å². The van der Waals surface area contributed by atoms with Gasteiger partial charge in [0, 0.05) is 6.20 Å². The van der Waals surface area contributed by atoms with Crippen LogP contribution in [0.25, 0.3) is 0 Å². The zero-order valence-electron chi connectivity index (χ0n) is 10.3. The van der Waals surface area contributed by atoms with Crippen molar-refractivity contribution in [1.29, 1.82) is 5.26 Å². The topological polar surface area (TPSA) is 75.0 Å². The van der Waals surface area contributed by atoms with Gasteiger partial charge in [-0.3, -0.25) is 9.78 Å². The lowest BCUT2D eigenvalue weighted by molar-refractivity contribution is 0.102. The Morgan fingerprint density at radius 1 is 1.40 bits per heavy atom. The molecule has 1 amide bonds. The van der Waals surface area contributed by atoms with E-state index >= 15 is 0 Å². The number of halogens is 1. The summed E-state index contributed by atoms with van der Waals surface area (Å²) < 4.78 is 18.2. The van der Waals surface area contributed by atoms with Crippen LogP contribution in [-0.2, 0) is 0 Å². The van der Waals surface area contributed by atoms with Gasteiger partial charge in [-0.2, -0.15) is 5.26 Å². The zero-order chi connectivity index (χ0) is 14.4. The highest BCUT2D eigenvalue weighted by Gasteiger charge is 2.10. The fourth-order valence-electron chi connectivity index (χ4n) is 1.54. The Labute approximate surface area is 114 Å². The highest BCUT2D eigenvalue weighted by atomic mass is 19.1. The molecule has 1 aromatic heterocycles. The molecule has 0 aliphatic carbocycles. The van der Waals surface area contributed by atoms with Crippen molar-refractivity contribution >= 4 is 11.6 Å². The van der Waals surface area contributed by atoms with Crippen LogP contribution in [0.4, 0.5) is 10.1 Å². The first kappa shape index (κ1) is 13.5. The summed E-state index contributed by atoms with van der Waals surface area (Å²) >= 11 is 0. The van der Waals surface area contributed by atoms with Crippen molar-refractivity contribution in [3.8, 4) is 11.8 Å². The molecule has 2 rings (SSSR count). The standard InChI is InChI=1S/C14H10FN3O2/c15-11-7-10(8-17-9-11)14(19)18-12-3-1-2-4-13(12)20-6-5-16/h1-4,7-9H,6H2,(H,18,19). The number of para-hydroxylation sites is 2. The molecule has 100 valence electrons. The van der Waals surface area contributed by atoms with Crippen LogP contribution in [0.2, 0.25) is 0 Å². The van der Waals surface area contributed by atoms with E-state index in [4.69, 9.17) is 10.00 Å². The number of nitrogens with one attached hydrogen (secondary N) is 1. The molecule has 6 heteroatoms. The third-order valence-electron chi connectivity index (χ3n) is 2.39. The number of rotatable bonds is 4. The predicted molar refractivity (Wildman–Crippen MR) is 69.7 cm³/mol. The van der Waals surface area contributed by atoms with Gasteiger partial charge in [-0.05, 0) is 18.2 Å². The van der Waals surface area contributed by atoms with Crippen molar-refractivity contribution in [2.24, 2.45) is 0 Å². The molecule has 1 N–H and O–H groups in total. The molecule has 0 aliphatic heterocycles. The molecule has 0 aliphatic rings. The van der Waals surface area contributed by atoms with E-state index < -0.39 is 11.7 Å².